The molecule has 25 heavy (non-hydrogen) atoms. The largest absolute Gasteiger partial charge is 0.391 e. The summed E-state index contributed by atoms with van der Waals surface area (Å²) in [5.41, 5.74) is 4.12. The number of fused-ring (bicyclic) bond motifs is 3. The summed E-state index contributed by atoms with van der Waals surface area (Å²) in [6, 6.07) is 15.8. The van der Waals surface area contributed by atoms with Crippen LogP contribution in [0.4, 0.5) is 0 Å². The van der Waals surface area contributed by atoms with Crippen molar-refractivity contribution in [1.29, 1.82) is 0 Å². The van der Waals surface area contributed by atoms with E-state index in [9.17, 15) is 0 Å². The number of benzene rings is 2. The lowest BCUT2D eigenvalue weighted by Gasteiger charge is -2.29. The Bertz CT molecular complexity index is 862. The third kappa shape index (κ3) is 3.17. The van der Waals surface area contributed by atoms with Crippen LogP contribution in [0.3, 0.4) is 0 Å². The van der Waals surface area contributed by atoms with E-state index in [0.29, 0.717) is 6.61 Å². The molecule has 4 nitrogen and oxygen atoms in total. The molecule has 3 N–H and O–H groups in total. The number of para-hydroxylation sites is 1. The Morgan fingerprint density at radius 2 is 1.64 bits per heavy atom. The zero-order chi connectivity index (χ0) is 17.2. The standard InChI is InChI=1S/C21H27N3O/c1-2-24-20-6-4-3-5-18(20)19-15-17(7-8-21(19)24)16-23-11-9-22(10-12-23)13-14-25/h3-8,15,25H,2,9-14,16H2,1H3/p+2. The predicted molar refractivity (Wildman–Crippen MR) is 102 cm³/mol. The molecule has 1 saturated heterocycles. The maximum Gasteiger partial charge on any atom is 0.127 e. The minimum atomic E-state index is 0.308. The first kappa shape index (κ1) is 16.6. The van der Waals surface area contributed by atoms with Gasteiger partial charge in [0.25, 0.3) is 0 Å². The van der Waals surface area contributed by atoms with Crippen molar-refractivity contribution < 1.29 is 14.9 Å². The molecule has 0 atom stereocenters. The normalized spacial score (nSPS) is 21.2. The molecule has 1 aliphatic heterocycles. The van der Waals surface area contributed by atoms with Gasteiger partial charge in [0.1, 0.15) is 39.3 Å². The van der Waals surface area contributed by atoms with Crippen molar-refractivity contribution in [2.45, 2.75) is 20.0 Å². The van der Waals surface area contributed by atoms with Crippen LogP contribution in [-0.4, -0.2) is 49.0 Å². The number of aliphatic hydroxyl groups excluding tert-OH is 1. The van der Waals surface area contributed by atoms with Gasteiger partial charge in [-0.2, -0.15) is 0 Å². The fourth-order valence-electron chi connectivity index (χ4n) is 4.38. The molecule has 0 unspecified atom stereocenters. The molecule has 4 heteroatoms. The van der Waals surface area contributed by atoms with E-state index in [2.05, 4.69) is 54.0 Å². The SMILES string of the molecule is CCn1c2ccccc2c2cc(C[NH+]3CC[NH+](CCO)CC3)ccc21. The van der Waals surface area contributed by atoms with E-state index < -0.39 is 0 Å². The van der Waals surface area contributed by atoms with Crippen LogP contribution in [0.2, 0.25) is 0 Å². The smallest absolute Gasteiger partial charge is 0.127 e. The number of rotatable bonds is 5. The Morgan fingerprint density at radius 3 is 2.40 bits per heavy atom. The topological polar surface area (TPSA) is 34.0 Å². The van der Waals surface area contributed by atoms with E-state index >= 15 is 0 Å². The van der Waals surface area contributed by atoms with E-state index in [-0.39, 0.29) is 0 Å². The van der Waals surface area contributed by atoms with Gasteiger partial charge in [-0.15, -0.1) is 0 Å². The number of hydrogen-bond acceptors (Lipinski definition) is 1. The Hall–Kier alpha value is -1.88. The highest BCUT2D eigenvalue weighted by molar-refractivity contribution is 6.08. The maximum atomic E-state index is 9.10. The van der Waals surface area contributed by atoms with Crippen LogP contribution < -0.4 is 9.80 Å². The Kier molecular flexibility index (Phi) is 4.75. The molecule has 2 heterocycles. The molecule has 1 aromatic heterocycles. The first-order valence-corrected chi connectivity index (χ1v) is 9.58. The number of quaternary nitrogens is 2. The van der Waals surface area contributed by atoms with Crippen molar-refractivity contribution in [2.24, 2.45) is 0 Å². The van der Waals surface area contributed by atoms with Gasteiger partial charge in [0.15, 0.2) is 0 Å². The molecular formula is C21H29N3O+2. The van der Waals surface area contributed by atoms with Crippen LogP contribution in [0.5, 0.6) is 0 Å². The Balaban J connectivity index is 1.59. The summed E-state index contributed by atoms with van der Waals surface area (Å²) >= 11 is 0. The molecule has 0 bridgehead atoms. The van der Waals surface area contributed by atoms with E-state index in [4.69, 9.17) is 5.11 Å². The van der Waals surface area contributed by atoms with Crippen LogP contribution in [0.15, 0.2) is 42.5 Å². The quantitative estimate of drug-likeness (QED) is 0.605. The molecule has 1 fully saturated rings. The van der Waals surface area contributed by atoms with E-state index in [1.807, 2.05) is 0 Å². The van der Waals surface area contributed by atoms with E-state index in [1.54, 1.807) is 9.80 Å². The maximum absolute atomic E-state index is 9.10. The highest BCUT2D eigenvalue weighted by Gasteiger charge is 2.22. The van der Waals surface area contributed by atoms with Gasteiger partial charge in [-0.3, -0.25) is 0 Å². The van der Waals surface area contributed by atoms with Gasteiger partial charge in [-0.25, -0.2) is 0 Å². The third-order valence-corrected chi connectivity index (χ3v) is 5.74. The van der Waals surface area contributed by atoms with Crippen LogP contribution in [-0.2, 0) is 13.1 Å². The number of nitrogens with one attached hydrogen (secondary N) is 2. The summed E-state index contributed by atoms with van der Waals surface area (Å²) in [7, 11) is 0. The van der Waals surface area contributed by atoms with Gasteiger partial charge in [0.05, 0.1) is 6.61 Å². The van der Waals surface area contributed by atoms with Crippen molar-refractivity contribution in [3.63, 3.8) is 0 Å². The average molecular weight is 339 g/mol. The summed E-state index contributed by atoms with van der Waals surface area (Å²) in [6.45, 7) is 10.3. The number of aryl methyl sites for hydroxylation is 1. The van der Waals surface area contributed by atoms with Crippen LogP contribution in [0.25, 0.3) is 21.8 Å². The summed E-state index contributed by atoms with van der Waals surface area (Å²) in [5.74, 6) is 0. The van der Waals surface area contributed by atoms with Gasteiger partial charge in [0, 0.05) is 33.9 Å². The number of piperazine rings is 1. The molecule has 3 aromatic rings. The third-order valence-electron chi connectivity index (χ3n) is 5.74. The fraction of sp³-hybridized carbons (Fsp3) is 0.429. The summed E-state index contributed by atoms with van der Waals surface area (Å²) in [5, 5.41) is 11.9. The first-order valence-electron chi connectivity index (χ1n) is 9.58. The number of aliphatic hydroxyl groups is 1. The van der Waals surface area contributed by atoms with Gasteiger partial charge >= 0.3 is 0 Å². The minimum absolute atomic E-state index is 0.308. The van der Waals surface area contributed by atoms with Gasteiger partial charge in [-0.05, 0) is 25.1 Å². The minimum Gasteiger partial charge on any atom is -0.391 e. The van der Waals surface area contributed by atoms with Crippen LogP contribution in [0.1, 0.15) is 12.5 Å². The molecule has 0 saturated carbocycles. The molecule has 1 aliphatic rings. The Labute approximate surface area is 149 Å². The molecule has 2 aromatic carbocycles. The lowest BCUT2D eigenvalue weighted by Crippen LogP contribution is -3.27. The summed E-state index contributed by atoms with van der Waals surface area (Å²) in [6.07, 6.45) is 0. The first-order chi connectivity index (χ1) is 12.3. The fourth-order valence-corrected chi connectivity index (χ4v) is 4.38. The second kappa shape index (κ2) is 7.16. The molecule has 0 spiro atoms. The molecule has 0 radical (unpaired) electrons. The van der Waals surface area contributed by atoms with E-state index in [1.165, 1.54) is 53.5 Å². The lowest BCUT2D eigenvalue weighted by molar-refractivity contribution is -1.02. The second-order valence-corrected chi connectivity index (χ2v) is 7.26. The molecule has 132 valence electrons. The van der Waals surface area contributed by atoms with Crippen molar-refractivity contribution in [3.8, 4) is 0 Å². The van der Waals surface area contributed by atoms with Crippen LogP contribution >= 0.6 is 0 Å². The van der Waals surface area contributed by atoms with E-state index in [0.717, 1.165) is 19.6 Å². The monoisotopic (exact) mass is 339 g/mol. The van der Waals surface area contributed by atoms with Gasteiger partial charge in [0.2, 0.25) is 0 Å². The molecule has 0 amide bonds. The second-order valence-electron chi connectivity index (χ2n) is 7.26. The highest BCUT2D eigenvalue weighted by atomic mass is 16.3. The number of aromatic nitrogens is 1. The average Bonchev–Trinajstić information content (AvgIpc) is 2.97. The predicted octanol–water partition coefficient (Wildman–Crippen LogP) is 0.0901. The van der Waals surface area contributed by atoms with Crippen LogP contribution in [0, 0.1) is 0 Å². The zero-order valence-electron chi connectivity index (χ0n) is 15.1. The zero-order valence-corrected chi connectivity index (χ0v) is 15.1. The summed E-state index contributed by atoms with van der Waals surface area (Å²) < 4.78 is 2.42. The Morgan fingerprint density at radius 1 is 0.920 bits per heavy atom. The number of nitrogens with zero attached hydrogens (tertiary/aromatic N) is 1. The molecular weight excluding hydrogens is 310 g/mol. The number of hydrogen-bond donors (Lipinski definition) is 3. The van der Waals surface area contributed by atoms with Gasteiger partial charge in [-0.1, -0.05) is 24.3 Å². The summed E-state index contributed by atoms with van der Waals surface area (Å²) in [4.78, 5) is 3.22. The lowest BCUT2D eigenvalue weighted by atomic mass is 10.1. The highest BCUT2D eigenvalue weighted by Crippen LogP contribution is 2.29. The van der Waals surface area contributed by atoms with Crippen molar-refractivity contribution in [3.05, 3.63) is 48.0 Å². The van der Waals surface area contributed by atoms with Crippen molar-refractivity contribution in [1.82, 2.24) is 4.57 Å². The molecule has 4 rings (SSSR count). The van der Waals surface area contributed by atoms with Crippen molar-refractivity contribution in [2.75, 3.05) is 39.3 Å². The van der Waals surface area contributed by atoms with Gasteiger partial charge < -0.3 is 19.5 Å². The van der Waals surface area contributed by atoms with Crippen molar-refractivity contribution >= 4 is 21.8 Å². The molecule has 0 aliphatic carbocycles.